The Morgan fingerprint density at radius 2 is 2.00 bits per heavy atom. The summed E-state index contributed by atoms with van der Waals surface area (Å²) in [6.45, 7) is 1.92. The molecule has 3 nitrogen and oxygen atoms in total. The number of ether oxygens (including phenoxy) is 1. The number of fused-ring (bicyclic) bond motifs is 1. The fraction of sp³-hybridized carbons (Fsp3) is 0.235. The van der Waals surface area contributed by atoms with Crippen LogP contribution in [0.25, 0.3) is 16.5 Å². The predicted octanol–water partition coefficient (Wildman–Crippen LogP) is 4.13. The van der Waals surface area contributed by atoms with Crippen LogP contribution in [0.5, 0.6) is 0 Å². The van der Waals surface area contributed by atoms with E-state index in [-0.39, 0.29) is 5.56 Å². The topological polar surface area (TPSA) is 31.2 Å². The normalized spacial score (nSPS) is 14.8. The molecule has 0 saturated heterocycles. The molecule has 4 heteroatoms. The highest BCUT2D eigenvalue weighted by molar-refractivity contribution is 6.35. The maximum Gasteiger partial charge on any atom is 0.264 e. The average molecular weight is 302 g/mol. The highest BCUT2D eigenvalue weighted by Crippen LogP contribution is 2.27. The summed E-state index contributed by atoms with van der Waals surface area (Å²) in [5.74, 6) is 0.734. The van der Waals surface area contributed by atoms with E-state index < -0.39 is 0 Å². The molecule has 0 aliphatic heterocycles. The van der Waals surface area contributed by atoms with Gasteiger partial charge in [0, 0.05) is 5.69 Å². The lowest BCUT2D eigenvalue weighted by Gasteiger charge is -2.20. The minimum absolute atomic E-state index is 0.105. The van der Waals surface area contributed by atoms with Gasteiger partial charge in [-0.15, -0.1) is 0 Å². The van der Waals surface area contributed by atoms with E-state index in [0.717, 1.165) is 35.4 Å². The van der Waals surface area contributed by atoms with Gasteiger partial charge in [-0.25, -0.2) is 0 Å². The van der Waals surface area contributed by atoms with Crippen LogP contribution in [0.2, 0.25) is 5.02 Å². The van der Waals surface area contributed by atoms with Crippen LogP contribution in [0.4, 0.5) is 0 Å². The fourth-order valence-corrected chi connectivity index (χ4v) is 3.04. The number of pyridine rings is 1. The smallest absolute Gasteiger partial charge is 0.264 e. The number of hydrogen-bond acceptors (Lipinski definition) is 2. The fourth-order valence-electron chi connectivity index (χ4n) is 2.78. The molecule has 0 atom stereocenters. The standard InChI is InChI=1S/C17H16ClNO2/c1-11-10-12-6-5-7-13(18)16(12)17(20)19(11)14-8-3-4-9-15(14)21-2/h5-10H,3-4H2,1-2H3. The summed E-state index contributed by atoms with van der Waals surface area (Å²) in [5, 5.41) is 1.89. The third-order valence-corrected chi connectivity index (χ3v) is 4.04. The van der Waals surface area contributed by atoms with Crippen LogP contribution in [0.1, 0.15) is 18.5 Å². The quantitative estimate of drug-likeness (QED) is 0.835. The summed E-state index contributed by atoms with van der Waals surface area (Å²) in [4.78, 5) is 12.9. The van der Waals surface area contributed by atoms with E-state index in [4.69, 9.17) is 16.3 Å². The van der Waals surface area contributed by atoms with E-state index in [2.05, 4.69) is 0 Å². The zero-order chi connectivity index (χ0) is 15.0. The first kappa shape index (κ1) is 14.0. The van der Waals surface area contributed by atoms with Gasteiger partial charge in [0.05, 0.1) is 23.2 Å². The lowest BCUT2D eigenvalue weighted by Crippen LogP contribution is -2.24. The first-order valence-electron chi connectivity index (χ1n) is 6.89. The molecule has 108 valence electrons. The molecule has 21 heavy (non-hydrogen) atoms. The summed E-state index contributed by atoms with van der Waals surface area (Å²) in [7, 11) is 1.62. The molecule has 0 fully saturated rings. The minimum Gasteiger partial charge on any atom is -0.495 e. The van der Waals surface area contributed by atoms with Crippen molar-refractivity contribution in [3.05, 3.63) is 63.2 Å². The zero-order valence-corrected chi connectivity index (χ0v) is 12.8. The number of benzene rings is 1. The van der Waals surface area contributed by atoms with Gasteiger partial charge in [0.2, 0.25) is 0 Å². The Bertz CT molecular complexity index is 831. The Kier molecular flexibility index (Phi) is 3.60. The van der Waals surface area contributed by atoms with Gasteiger partial charge in [0.25, 0.3) is 5.56 Å². The number of hydrogen-bond donors (Lipinski definition) is 0. The molecule has 0 radical (unpaired) electrons. The van der Waals surface area contributed by atoms with Crippen LogP contribution in [-0.2, 0) is 4.74 Å². The number of halogens is 1. The minimum atomic E-state index is -0.105. The van der Waals surface area contributed by atoms with Crippen LogP contribution in [0, 0.1) is 6.92 Å². The van der Waals surface area contributed by atoms with Gasteiger partial charge in [-0.2, -0.15) is 0 Å². The highest BCUT2D eigenvalue weighted by atomic mass is 35.5. The second-order valence-electron chi connectivity index (χ2n) is 5.07. The van der Waals surface area contributed by atoms with Gasteiger partial charge >= 0.3 is 0 Å². The number of nitrogens with zero attached hydrogens (tertiary/aromatic N) is 1. The van der Waals surface area contributed by atoms with E-state index in [0.29, 0.717) is 10.4 Å². The number of aryl methyl sites for hydroxylation is 1. The summed E-state index contributed by atoms with van der Waals surface area (Å²) < 4.78 is 7.09. The van der Waals surface area contributed by atoms with Crippen molar-refractivity contribution in [2.24, 2.45) is 0 Å². The van der Waals surface area contributed by atoms with E-state index in [1.165, 1.54) is 0 Å². The molecule has 0 unspecified atom stereocenters. The molecule has 1 heterocycles. The van der Waals surface area contributed by atoms with Gasteiger partial charge in [-0.1, -0.05) is 29.8 Å². The van der Waals surface area contributed by atoms with E-state index >= 15 is 0 Å². The zero-order valence-electron chi connectivity index (χ0n) is 12.0. The van der Waals surface area contributed by atoms with Crippen molar-refractivity contribution in [1.29, 1.82) is 0 Å². The molecule has 1 aromatic heterocycles. The van der Waals surface area contributed by atoms with Crippen LogP contribution in [0.15, 0.2) is 47.0 Å². The highest BCUT2D eigenvalue weighted by Gasteiger charge is 2.17. The van der Waals surface area contributed by atoms with E-state index in [1.54, 1.807) is 17.7 Å². The van der Waals surface area contributed by atoms with E-state index in [1.807, 2.05) is 37.3 Å². The van der Waals surface area contributed by atoms with Gasteiger partial charge < -0.3 is 4.74 Å². The average Bonchev–Trinajstić information content (AvgIpc) is 2.47. The van der Waals surface area contributed by atoms with Crippen molar-refractivity contribution in [2.45, 2.75) is 19.8 Å². The van der Waals surface area contributed by atoms with Gasteiger partial charge in [0.1, 0.15) is 5.76 Å². The molecule has 0 spiro atoms. The molecular weight excluding hydrogens is 286 g/mol. The molecule has 0 amide bonds. The Labute approximate surface area is 128 Å². The maximum atomic E-state index is 12.9. The third kappa shape index (κ3) is 2.28. The molecule has 0 saturated carbocycles. The number of rotatable bonds is 2. The lowest BCUT2D eigenvalue weighted by atomic mass is 10.1. The third-order valence-electron chi connectivity index (χ3n) is 3.73. The van der Waals surface area contributed by atoms with Crippen molar-refractivity contribution in [2.75, 3.05) is 7.11 Å². The Hall–Kier alpha value is -2.00. The van der Waals surface area contributed by atoms with Gasteiger partial charge in [0.15, 0.2) is 0 Å². The lowest BCUT2D eigenvalue weighted by molar-refractivity contribution is 0.304. The van der Waals surface area contributed by atoms with Crippen LogP contribution in [0.3, 0.4) is 0 Å². The van der Waals surface area contributed by atoms with Crippen molar-refractivity contribution in [3.63, 3.8) is 0 Å². The molecule has 1 aliphatic rings. The Morgan fingerprint density at radius 3 is 2.76 bits per heavy atom. The molecule has 1 aliphatic carbocycles. The summed E-state index contributed by atoms with van der Waals surface area (Å²) in [5.41, 5.74) is 1.56. The summed E-state index contributed by atoms with van der Waals surface area (Å²) in [6, 6.07) is 7.48. The SMILES string of the molecule is COC1=CCCC=C1n1c(C)cc2cccc(Cl)c2c1=O. The summed E-state index contributed by atoms with van der Waals surface area (Å²) >= 11 is 6.22. The van der Waals surface area contributed by atoms with Crippen LogP contribution >= 0.6 is 11.6 Å². The van der Waals surface area contributed by atoms with Crippen LogP contribution < -0.4 is 5.56 Å². The second-order valence-corrected chi connectivity index (χ2v) is 5.48. The van der Waals surface area contributed by atoms with Gasteiger partial charge in [-0.3, -0.25) is 9.36 Å². The summed E-state index contributed by atoms with van der Waals surface area (Å²) in [6.07, 6.45) is 5.87. The van der Waals surface area contributed by atoms with Crippen molar-refractivity contribution in [1.82, 2.24) is 4.57 Å². The number of allylic oxidation sites excluding steroid dienone is 3. The Balaban J connectivity index is 2.34. The monoisotopic (exact) mass is 301 g/mol. The molecule has 1 aromatic carbocycles. The number of aromatic nitrogens is 1. The van der Waals surface area contributed by atoms with Crippen molar-refractivity contribution >= 4 is 28.1 Å². The molecule has 2 aromatic rings. The van der Waals surface area contributed by atoms with Crippen LogP contribution in [-0.4, -0.2) is 11.7 Å². The first-order valence-corrected chi connectivity index (χ1v) is 7.27. The first-order chi connectivity index (χ1) is 10.1. The van der Waals surface area contributed by atoms with Crippen molar-refractivity contribution < 1.29 is 4.74 Å². The maximum absolute atomic E-state index is 12.9. The molecular formula is C17H16ClNO2. The Morgan fingerprint density at radius 1 is 1.24 bits per heavy atom. The molecule has 3 rings (SSSR count). The molecule has 0 bridgehead atoms. The van der Waals surface area contributed by atoms with Crippen molar-refractivity contribution in [3.8, 4) is 0 Å². The second kappa shape index (κ2) is 5.41. The predicted molar refractivity (Wildman–Crippen MR) is 86.6 cm³/mol. The molecule has 0 N–H and O–H groups in total. The number of methoxy groups -OCH3 is 1. The van der Waals surface area contributed by atoms with Gasteiger partial charge in [-0.05, 0) is 43.4 Å². The van der Waals surface area contributed by atoms with E-state index in [9.17, 15) is 4.79 Å². The largest absolute Gasteiger partial charge is 0.495 e.